The molecular formula is C15H21NO2S. The van der Waals surface area contributed by atoms with Crippen LogP contribution in [0.15, 0.2) is 35.2 Å². The molecule has 1 aromatic rings. The molecule has 19 heavy (non-hydrogen) atoms. The summed E-state index contributed by atoms with van der Waals surface area (Å²) in [4.78, 5) is 15.3. The molecule has 104 valence electrons. The van der Waals surface area contributed by atoms with Gasteiger partial charge in [0.15, 0.2) is 0 Å². The van der Waals surface area contributed by atoms with Crippen molar-refractivity contribution >= 4 is 17.7 Å². The summed E-state index contributed by atoms with van der Waals surface area (Å²) in [5, 5.41) is 0. The summed E-state index contributed by atoms with van der Waals surface area (Å²) in [6.07, 6.45) is 2.26. The van der Waals surface area contributed by atoms with Crippen molar-refractivity contribution in [1.82, 2.24) is 4.90 Å². The largest absolute Gasteiger partial charge is 0.384 e. The number of methoxy groups -OCH3 is 1. The molecule has 0 saturated carbocycles. The number of benzene rings is 1. The molecule has 1 aromatic carbocycles. The molecule has 1 atom stereocenters. The summed E-state index contributed by atoms with van der Waals surface area (Å²) in [5.41, 5.74) is 0. The van der Waals surface area contributed by atoms with Crippen molar-refractivity contribution in [2.45, 2.75) is 17.7 Å². The monoisotopic (exact) mass is 279 g/mol. The van der Waals surface area contributed by atoms with Gasteiger partial charge in [0.05, 0.1) is 12.4 Å². The highest BCUT2D eigenvalue weighted by Crippen LogP contribution is 2.21. The summed E-state index contributed by atoms with van der Waals surface area (Å²) in [7, 11) is 1.73. The van der Waals surface area contributed by atoms with E-state index in [2.05, 4.69) is 0 Å². The standard InChI is InChI=1S/C15H21NO2S/c1-18-11-13-6-5-9-16(10-13)15(17)12-19-14-7-3-2-4-8-14/h2-4,7-8,13H,5-6,9-12H2,1H3. The topological polar surface area (TPSA) is 29.5 Å². The minimum Gasteiger partial charge on any atom is -0.384 e. The highest BCUT2D eigenvalue weighted by molar-refractivity contribution is 8.00. The minimum absolute atomic E-state index is 0.245. The Morgan fingerprint density at radius 3 is 2.95 bits per heavy atom. The van der Waals surface area contributed by atoms with Crippen molar-refractivity contribution in [2.75, 3.05) is 32.6 Å². The maximum absolute atomic E-state index is 12.2. The Bertz CT molecular complexity index is 394. The number of hydrogen-bond donors (Lipinski definition) is 0. The zero-order chi connectivity index (χ0) is 13.5. The number of piperidine rings is 1. The molecule has 0 spiro atoms. The fourth-order valence-electron chi connectivity index (χ4n) is 2.42. The molecule has 1 aliphatic heterocycles. The van der Waals surface area contributed by atoms with Gasteiger partial charge in [0.1, 0.15) is 0 Å². The quantitative estimate of drug-likeness (QED) is 0.776. The van der Waals surface area contributed by atoms with Crippen molar-refractivity contribution in [3.05, 3.63) is 30.3 Å². The summed E-state index contributed by atoms with van der Waals surface area (Å²) in [6.45, 7) is 2.51. The van der Waals surface area contributed by atoms with Gasteiger partial charge >= 0.3 is 0 Å². The van der Waals surface area contributed by atoms with Crippen LogP contribution in [0.2, 0.25) is 0 Å². The van der Waals surface area contributed by atoms with Gasteiger partial charge in [-0.1, -0.05) is 18.2 Å². The second-order valence-electron chi connectivity index (χ2n) is 4.91. The Morgan fingerprint density at radius 2 is 2.21 bits per heavy atom. The van der Waals surface area contributed by atoms with Crippen molar-refractivity contribution in [1.29, 1.82) is 0 Å². The van der Waals surface area contributed by atoms with E-state index >= 15 is 0 Å². The number of ether oxygens (including phenoxy) is 1. The average Bonchev–Trinajstić information content (AvgIpc) is 2.46. The summed E-state index contributed by atoms with van der Waals surface area (Å²) in [6, 6.07) is 10.1. The average molecular weight is 279 g/mol. The molecule has 0 aliphatic carbocycles. The van der Waals surface area contributed by atoms with Gasteiger partial charge in [-0.2, -0.15) is 0 Å². The van der Waals surface area contributed by atoms with Gasteiger partial charge in [0, 0.05) is 25.1 Å². The number of likely N-dealkylation sites (tertiary alicyclic amines) is 1. The third kappa shape index (κ3) is 4.55. The van der Waals surface area contributed by atoms with Crippen LogP contribution in [0, 0.1) is 5.92 Å². The fraction of sp³-hybridized carbons (Fsp3) is 0.533. The molecule has 0 bridgehead atoms. The molecule has 3 nitrogen and oxygen atoms in total. The lowest BCUT2D eigenvalue weighted by molar-refractivity contribution is -0.130. The number of nitrogens with zero attached hydrogens (tertiary/aromatic N) is 1. The van der Waals surface area contributed by atoms with E-state index in [1.165, 1.54) is 6.42 Å². The molecule has 2 rings (SSSR count). The Balaban J connectivity index is 1.79. The lowest BCUT2D eigenvalue weighted by Crippen LogP contribution is -2.42. The molecule has 4 heteroatoms. The van der Waals surface area contributed by atoms with Crippen LogP contribution < -0.4 is 0 Å². The normalized spacial score (nSPS) is 19.4. The Labute approximate surface area is 119 Å². The predicted molar refractivity (Wildman–Crippen MR) is 78.3 cm³/mol. The predicted octanol–water partition coefficient (Wildman–Crippen LogP) is 2.66. The smallest absolute Gasteiger partial charge is 0.232 e. The van der Waals surface area contributed by atoms with Crippen LogP contribution in [0.5, 0.6) is 0 Å². The van der Waals surface area contributed by atoms with Crippen molar-refractivity contribution < 1.29 is 9.53 Å². The van der Waals surface area contributed by atoms with E-state index in [-0.39, 0.29) is 5.91 Å². The van der Waals surface area contributed by atoms with Gasteiger partial charge < -0.3 is 9.64 Å². The molecule has 1 heterocycles. The van der Waals surface area contributed by atoms with Gasteiger partial charge in [-0.25, -0.2) is 0 Å². The zero-order valence-corrected chi connectivity index (χ0v) is 12.2. The Kier molecular flexibility index (Phi) is 5.73. The highest BCUT2D eigenvalue weighted by atomic mass is 32.2. The van der Waals surface area contributed by atoms with Crippen LogP contribution in [-0.2, 0) is 9.53 Å². The van der Waals surface area contributed by atoms with Gasteiger partial charge in [0.25, 0.3) is 0 Å². The third-order valence-electron chi connectivity index (χ3n) is 3.38. The molecule has 0 aromatic heterocycles. The third-order valence-corrected chi connectivity index (χ3v) is 4.38. The molecule has 1 saturated heterocycles. The van der Waals surface area contributed by atoms with Crippen LogP contribution in [0.25, 0.3) is 0 Å². The SMILES string of the molecule is COCC1CCCN(C(=O)CSc2ccccc2)C1. The number of rotatable bonds is 5. The molecule has 0 N–H and O–H groups in total. The summed E-state index contributed by atoms with van der Waals surface area (Å²) >= 11 is 1.61. The number of thioether (sulfide) groups is 1. The fourth-order valence-corrected chi connectivity index (χ4v) is 3.24. The van der Waals surface area contributed by atoms with E-state index in [0.29, 0.717) is 11.7 Å². The van der Waals surface area contributed by atoms with Crippen molar-refractivity contribution in [2.24, 2.45) is 5.92 Å². The maximum Gasteiger partial charge on any atom is 0.232 e. The molecular weight excluding hydrogens is 258 g/mol. The first-order valence-electron chi connectivity index (χ1n) is 6.74. The first kappa shape index (κ1) is 14.4. The molecule has 0 radical (unpaired) electrons. The lowest BCUT2D eigenvalue weighted by atomic mass is 9.99. The van der Waals surface area contributed by atoms with Crippen molar-refractivity contribution in [3.8, 4) is 0 Å². The van der Waals surface area contributed by atoms with Gasteiger partial charge in [-0.05, 0) is 30.9 Å². The van der Waals surface area contributed by atoms with Gasteiger partial charge in [-0.3, -0.25) is 4.79 Å². The van der Waals surface area contributed by atoms with E-state index in [4.69, 9.17) is 4.74 Å². The summed E-state index contributed by atoms with van der Waals surface area (Å²) in [5.74, 6) is 1.28. The Hall–Kier alpha value is -1.00. The van der Waals surface area contributed by atoms with Crippen LogP contribution in [0.3, 0.4) is 0 Å². The summed E-state index contributed by atoms with van der Waals surface area (Å²) < 4.78 is 5.20. The minimum atomic E-state index is 0.245. The van der Waals surface area contributed by atoms with Gasteiger partial charge in [0.2, 0.25) is 5.91 Å². The van der Waals surface area contributed by atoms with E-state index in [1.54, 1.807) is 18.9 Å². The number of hydrogen-bond acceptors (Lipinski definition) is 3. The second-order valence-corrected chi connectivity index (χ2v) is 5.95. The first-order valence-corrected chi connectivity index (χ1v) is 7.72. The molecule has 1 aliphatic rings. The maximum atomic E-state index is 12.2. The van der Waals surface area contributed by atoms with Crippen LogP contribution in [0.4, 0.5) is 0 Å². The molecule has 1 fully saturated rings. The van der Waals surface area contributed by atoms with E-state index < -0.39 is 0 Å². The van der Waals surface area contributed by atoms with Crippen LogP contribution in [-0.4, -0.2) is 43.4 Å². The van der Waals surface area contributed by atoms with E-state index in [9.17, 15) is 4.79 Å². The van der Waals surface area contributed by atoms with Gasteiger partial charge in [-0.15, -0.1) is 11.8 Å². The van der Waals surface area contributed by atoms with Crippen molar-refractivity contribution in [3.63, 3.8) is 0 Å². The van der Waals surface area contributed by atoms with E-state index in [0.717, 1.165) is 31.0 Å². The first-order chi connectivity index (χ1) is 9.29. The number of amides is 1. The molecule has 1 amide bonds. The van der Waals surface area contributed by atoms with Crippen LogP contribution >= 0.6 is 11.8 Å². The zero-order valence-electron chi connectivity index (χ0n) is 11.4. The van der Waals surface area contributed by atoms with E-state index in [1.807, 2.05) is 35.2 Å². The number of carbonyl (C=O) groups is 1. The highest BCUT2D eigenvalue weighted by Gasteiger charge is 2.23. The number of carbonyl (C=O) groups excluding carboxylic acids is 1. The van der Waals surface area contributed by atoms with Crippen LogP contribution in [0.1, 0.15) is 12.8 Å². The second kappa shape index (κ2) is 7.56. The Morgan fingerprint density at radius 1 is 1.42 bits per heavy atom. The molecule has 1 unspecified atom stereocenters. The lowest BCUT2D eigenvalue weighted by Gasteiger charge is -2.32.